The minimum atomic E-state index is -3.07. The van der Waals surface area contributed by atoms with Crippen molar-refractivity contribution in [2.24, 2.45) is 0 Å². The van der Waals surface area contributed by atoms with Crippen molar-refractivity contribution in [3.63, 3.8) is 0 Å². The summed E-state index contributed by atoms with van der Waals surface area (Å²) in [4.78, 5) is 14.3. The lowest BCUT2D eigenvalue weighted by atomic mass is 10.2. The second-order valence-electron chi connectivity index (χ2n) is 5.72. The van der Waals surface area contributed by atoms with Crippen molar-refractivity contribution in [1.29, 1.82) is 0 Å². The molecule has 6 nitrogen and oxygen atoms in total. The topological polar surface area (TPSA) is 83.1 Å². The maximum atomic E-state index is 12.7. The summed E-state index contributed by atoms with van der Waals surface area (Å²) in [6, 6.07) is 8.94. The Hall–Kier alpha value is -1.86. The molecule has 0 saturated heterocycles. The quantitative estimate of drug-likeness (QED) is 0.812. The fourth-order valence-corrected chi connectivity index (χ4v) is 3.15. The molecule has 0 fully saturated rings. The van der Waals surface area contributed by atoms with Gasteiger partial charge in [0.1, 0.15) is 15.5 Å². The van der Waals surface area contributed by atoms with E-state index in [1.165, 1.54) is 6.26 Å². The Balaban J connectivity index is 2.17. The molecule has 0 saturated carbocycles. The lowest BCUT2D eigenvalue weighted by molar-refractivity contribution is 0.0737. The smallest absolute Gasteiger partial charge is 0.272 e. The van der Waals surface area contributed by atoms with Gasteiger partial charge in [0.15, 0.2) is 0 Å². The average molecular weight is 370 g/mol. The third-order valence-electron chi connectivity index (χ3n) is 3.49. The molecule has 1 aromatic heterocycles. The number of H-pyrrole nitrogens is 1. The summed E-state index contributed by atoms with van der Waals surface area (Å²) in [6.07, 6.45) is 1.55. The first-order valence-electron chi connectivity index (χ1n) is 7.48. The van der Waals surface area contributed by atoms with E-state index in [0.717, 1.165) is 5.56 Å². The molecule has 0 spiro atoms. The first-order valence-corrected chi connectivity index (χ1v) is 9.92. The van der Waals surface area contributed by atoms with E-state index in [4.69, 9.17) is 11.6 Å². The SMILES string of the molecule is Cc1cc(C(=O)N(CCCS(C)(=O)=O)Cc2ccccc2Cl)[nH]n1. The number of sulfone groups is 1. The largest absolute Gasteiger partial charge is 0.333 e. The first-order chi connectivity index (χ1) is 11.3. The molecule has 0 aliphatic heterocycles. The molecule has 0 bridgehead atoms. The van der Waals surface area contributed by atoms with Crippen molar-refractivity contribution >= 4 is 27.3 Å². The van der Waals surface area contributed by atoms with Crippen LogP contribution in [0.15, 0.2) is 30.3 Å². The minimum Gasteiger partial charge on any atom is -0.333 e. The van der Waals surface area contributed by atoms with Crippen LogP contribution in [0.4, 0.5) is 0 Å². The molecule has 0 radical (unpaired) electrons. The van der Waals surface area contributed by atoms with Gasteiger partial charge in [-0.15, -0.1) is 0 Å². The molecule has 130 valence electrons. The van der Waals surface area contributed by atoms with Crippen LogP contribution in [0.1, 0.15) is 28.2 Å². The van der Waals surface area contributed by atoms with Gasteiger partial charge >= 0.3 is 0 Å². The van der Waals surface area contributed by atoms with Gasteiger partial charge in [-0.1, -0.05) is 29.8 Å². The second-order valence-corrected chi connectivity index (χ2v) is 8.39. The molecular formula is C16H20ClN3O3S. The van der Waals surface area contributed by atoms with Gasteiger partial charge in [0.2, 0.25) is 0 Å². The highest BCUT2D eigenvalue weighted by molar-refractivity contribution is 7.90. The summed E-state index contributed by atoms with van der Waals surface area (Å²) < 4.78 is 22.7. The number of carbonyl (C=O) groups excluding carboxylic acids is 1. The molecular weight excluding hydrogens is 350 g/mol. The zero-order chi connectivity index (χ0) is 17.7. The lowest BCUT2D eigenvalue weighted by Crippen LogP contribution is -2.32. The van der Waals surface area contributed by atoms with Crippen LogP contribution in [0.2, 0.25) is 5.02 Å². The number of aromatic nitrogens is 2. The van der Waals surface area contributed by atoms with E-state index in [9.17, 15) is 13.2 Å². The van der Waals surface area contributed by atoms with Crippen LogP contribution in [-0.4, -0.2) is 48.0 Å². The number of halogens is 1. The average Bonchev–Trinajstić information content (AvgIpc) is 2.93. The maximum absolute atomic E-state index is 12.7. The molecule has 0 unspecified atom stereocenters. The second kappa shape index (κ2) is 7.81. The Morgan fingerprint density at radius 2 is 2.04 bits per heavy atom. The van der Waals surface area contributed by atoms with E-state index in [1.807, 2.05) is 18.2 Å². The van der Waals surface area contributed by atoms with Crippen LogP contribution in [0, 0.1) is 6.92 Å². The van der Waals surface area contributed by atoms with Crippen LogP contribution >= 0.6 is 11.6 Å². The molecule has 8 heteroatoms. The van der Waals surface area contributed by atoms with E-state index in [1.54, 1.807) is 24.0 Å². The Morgan fingerprint density at radius 3 is 2.62 bits per heavy atom. The lowest BCUT2D eigenvalue weighted by Gasteiger charge is -2.22. The van der Waals surface area contributed by atoms with E-state index >= 15 is 0 Å². The summed E-state index contributed by atoms with van der Waals surface area (Å²) in [5.74, 6) is -0.203. The number of amides is 1. The molecule has 2 aromatic rings. The number of aromatic amines is 1. The highest BCUT2D eigenvalue weighted by Gasteiger charge is 2.19. The Morgan fingerprint density at radius 1 is 1.33 bits per heavy atom. The van der Waals surface area contributed by atoms with Crippen molar-refractivity contribution < 1.29 is 13.2 Å². The van der Waals surface area contributed by atoms with Gasteiger partial charge in [0, 0.05) is 24.4 Å². The van der Waals surface area contributed by atoms with Gasteiger partial charge in [-0.3, -0.25) is 9.89 Å². The Kier molecular flexibility index (Phi) is 6.01. The molecule has 1 aromatic carbocycles. The number of benzene rings is 1. The van der Waals surface area contributed by atoms with Crippen molar-refractivity contribution in [1.82, 2.24) is 15.1 Å². The zero-order valence-corrected chi connectivity index (χ0v) is 15.2. The van der Waals surface area contributed by atoms with Gasteiger partial charge in [-0.05, 0) is 31.0 Å². The normalized spacial score (nSPS) is 11.5. The highest BCUT2D eigenvalue weighted by atomic mass is 35.5. The zero-order valence-electron chi connectivity index (χ0n) is 13.6. The summed E-state index contributed by atoms with van der Waals surface area (Å²) in [6.45, 7) is 2.41. The summed E-state index contributed by atoms with van der Waals surface area (Å²) in [7, 11) is -3.07. The van der Waals surface area contributed by atoms with Crippen LogP contribution in [0.3, 0.4) is 0 Å². The van der Waals surface area contributed by atoms with Gasteiger partial charge in [-0.2, -0.15) is 5.10 Å². The van der Waals surface area contributed by atoms with Crippen molar-refractivity contribution in [3.8, 4) is 0 Å². The molecule has 1 N–H and O–H groups in total. The molecule has 0 aliphatic rings. The Bertz CT molecular complexity index is 817. The standard InChI is InChI=1S/C16H20ClN3O3S/c1-12-10-15(19-18-12)16(21)20(8-5-9-24(2,22)23)11-13-6-3-4-7-14(13)17/h3-4,6-7,10H,5,8-9,11H2,1-2H3,(H,18,19). The van der Waals surface area contributed by atoms with Crippen LogP contribution in [0.25, 0.3) is 0 Å². The van der Waals surface area contributed by atoms with Gasteiger partial charge in [-0.25, -0.2) is 8.42 Å². The molecule has 1 amide bonds. The van der Waals surface area contributed by atoms with Gasteiger partial charge in [0.05, 0.1) is 11.4 Å². The highest BCUT2D eigenvalue weighted by Crippen LogP contribution is 2.18. The van der Waals surface area contributed by atoms with Crippen LogP contribution in [0.5, 0.6) is 0 Å². The summed E-state index contributed by atoms with van der Waals surface area (Å²) >= 11 is 6.18. The molecule has 1 heterocycles. The molecule has 2 rings (SSSR count). The maximum Gasteiger partial charge on any atom is 0.272 e. The van der Waals surface area contributed by atoms with E-state index in [-0.39, 0.29) is 11.7 Å². The third-order valence-corrected chi connectivity index (χ3v) is 4.88. The number of aryl methyl sites for hydroxylation is 1. The van der Waals surface area contributed by atoms with E-state index < -0.39 is 9.84 Å². The molecule has 24 heavy (non-hydrogen) atoms. The number of rotatable bonds is 7. The summed E-state index contributed by atoms with van der Waals surface area (Å²) in [5.41, 5.74) is 1.90. The predicted molar refractivity (Wildman–Crippen MR) is 93.8 cm³/mol. The minimum absolute atomic E-state index is 0.0291. The predicted octanol–water partition coefficient (Wildman–Crippen LogP) is 2.45. The van der Waals surface area contributed by atoms with E-state index in [2.05, 4.69) is 10.2 Å². The monoisotopic (exact) mass is 369 g/mol. The van der Waals surface area contributed by atoms with Crippen molar-refractivity contribution in [2.45, 2.75) is 19.9 Å². The van der Waals surface area contributed by atoms with E-state index in [0.29, 0.717) is 35.9 Å². The molecule has 0 aliphatic carbocycles. The number of hydrogen-bond donors (Lipinski definition) is 1. The fraction of sp³-hybridized carbons (Fsp3) is 0.375. The first kappa shape index (κ1) is 18.5. The number of carbonyl (C=O) groups is 1. The van der Waals surface area contributed by atoms with Crippen molar-refractivity contribution in [3.05, 3.63) is 52.3 Å². The fourth-order valence-electron chi connectivity index (χ4n) is 2.30. The molecule has 0 atom stereocenters. The summed E-state index contributed by atoms with van der Waals surface area (Å²) in [5, 5.41) is 7.24. The van der Waals surface area contributed by atoms with Gasteiger partial charge < -0.3 is 4.90 Å². The number of nitrogens with one attached hydrogen (secondary N) is 1. The Labute approximate surface area is 146 Å². The third kappa shape index (κ3) is 5.35. The number of hydrogen-bond acceptors (Lipinski definition) is 4. The van der Waals surface area contributed by atoms with Gasteiger partial charge in [0.25, 0.3) is 5.91 Å². The van der Waals surface area contributed by atoms with Crippen LogP contribution in [-0.2, 0) is 16.4 Å². The number of nitrogens with zero attached hydrogens (tertiary/aromatic N) is 2. The van der Waals surface area contributed by atoms with Crippen molar-refractivity contribution in [2.75, 3.05) is 18.6 Å². The van der Waals surface area contributed by atoms with Crippen LogP contribution < -0.4 is 0 Å².